The first-order valence-corrected chi connectivity index (χ1v) is 5.31. The van der Waals surface area contributed by atoms with Crippen molar-refractivity contribution in [3.8, 4) is 6.07 Å². The van der Waals surface area contributed by atoms with Gasteiger partial charge in [-0.05, 0) is 23.6 Å². The van der Waals surface area contributed by atoms with Gasteiger partial charge in [-0.2, -0.15) is 5.26 Å². The van der Waals surface area contributed by atoms with Crippen LogP contribution in [0.1, 0.15) is 32.8 Å². The van der Waals surface area contributed by atoms with Crippen LogP contribution >= 0.6 is 0 Å². The van der Waals surface area contributed by atoms with Crippen LogP contribution in [0.2, 0.25) is 0 Å². The summed E-state index contributed by atoms with van der Waals surface area (Å²) in [5.74, 6) is -0.670. The van der Waals surface area contributed by atoms with E-state index in [4.69, 9.17) is 5.26 Å². The summed E-state index contributed by atoms with van der Waals surface area (Å²) in [4.78, 5) is 11.7. The van der Waals surface area contributed by atoms with Gasteiger partial charge in [0.05, 0.1) is 11.3 Å². The third kappa shape index (κ3) is 4.23. The van der Waals surface area contributed by atoms with Gasteiger partial charge < -0.3 is 5.32 Å². The number of hydrogen-bond acceptors (Lipinski definition) is 2. The Morgan fingerprint density at radius 1 is 1.47 bits per heavy atom. The number of benzene rings is 1. The van der Waals surface area contributed by atoms with Crippen LogP contribution in [0.3, 0.4) is 0 Å². The Morgan fingerprint density at radius 2 is 2.12 bits per heavy atom. The standard InChI is InChI=1S/C13H15FN2O/c1-13(2,3)7-12(17)16-11-5-4-10(14)6-9(11)8-15/h4-6H,7H2,1-3H3,(H,16,17). The van der Waals surface area contributed by atoms with Crippen LogP contribution in [0.5, 0.6) is 0 Å². The maximum absolute atomic E-state index is 12.9. The summed E-state index contributed by atoms with van der Waals surface area (Å²) in [6.07, 6.45) is 0.343. The highest BCUT2D eigenvalue weighted by molar-refractivity contribution is 5.92. The molecule has 1 rings (SSSR count). The minimum absolute atomic E-state index is 0.128. The average Bonchev–Trinajstić information content (AvgIpc) is 2.17. The highest BCUT2D eigenvalue weighted by Crippen LogP contribution is 2.21. The Hall–Kier alpha value is -1.89. The monoisotopic (exact) mass is 234 g/mol. The second-order valence-corrected chi connectivity index (χ2v) is 5.09. The molecule has 0 saturated heterocycles. The van der Waals surface area contributed by atoms with Crippen molar-refractivity contribution in [1.29, 1.82) is 5.26 Å². The van der Waals surface area contributed by atoms with Gasteiger partial charge in [-0.1, -0.05) is 20.8 Å². The summed E-state index contributed by atoms with van der Waals surface area (Å²) < 4.78 is 12.9. The number of nitriles is 1. The number of amides is 1. The van der Waals surface area contributed by atoms with Gasteiger partial charge in [-0.25, -0.2) is 4.39 Å². The molecule has 0 unspecified atom stereocenters. The molecule has 0 aliphatic carbocycles. The summed E-state index contributed by atoms with van der Waals surface area (Å²) in [5, 5.41) is 11.4. The fourth-order valence-corrected chi connectivity index (χ4v) is 1.39. The maximum atomic E-state index is 12.9. The summed E-state index contributed by atoms with van der Waals surface area (Å²) >= 11 is 0. The minimum atomic E-state index is -0.490. The predicted molar refractivity (Wildman–Crippen MR) is 63.8 cm³/mol. The first-order valence-electron chi connectivity index (χ1n) is 5.31. The van der Waals surface area contributed by atoms with Crippen LogP contribution in [-0.4, -0.2) is 5.91 Å². The Bertz CT molecular complexity index is 469. The molecule has 0 aliphatic heterocycles. The molecule has 0 bridgehead atoms. The topological polar surface area (TPSA) is 52.9 Å². The van der Waals surface area contributed by atoms with Gasteiger partial charge in [-0.3, -0.25) is 4.79 Å². The molecule has 0 aromatic heterocycles. The lowest BCUT2D eigenvalue weighted by Crippen LogP contribution is -2.20. The number of halogens is 1. The van der Waals surface area contributed by atoms with Crippen molar-refractivity contribution in [3.63, 3.8) is 0 Å². The normalized spacial score (nSPS) is 10.8. The molecule has 0 atom stereocenters. The van der Waals surface area contributed by atoms with Crippen molar-refractivity contribution in [2.45, 2.75) is 27.2 Å². The van der Waals surface area contributed by atoms with Crippen molar-refractivity contribution >= 4 is 11.6 Å². The molecule has 0 radical (unpaired) electrons. The number of hydrogen-bond donors (Lipinski definition) is 1. The highest BCUT2D eigenvalue weighted by atomic mass is 19.1. The van der Waals surface area contributed by atoms with E-state index in [1.165, 1.54) is 12.1 Å². The fraction of sp³-hybridized carbons (Fsp3) is 0.385. The third-order valence-electron chi connectivity index (χ3n) is 2.07. The second kappa shape index (κ2) is 4.96. The van der Waals surface area contributed by atoms with Crippen LogP contribution in [0.25, 0.3) is 0 Å². The van der Waals surface area contributed by atoms with Gasteiger partial charge >= 0.3 is 0 Å². The summed E-state index contributed by atoms with van der Waals surface area (Å²) in [5.41, 5.74) is 0.354. The van der Waals surface area contributed by atoms with Gasteiger partial charge in [0.25, 0.3) is 0 Å². The number of nitrogens with one attached hydrogen (secondary N) is 1. The molecule has 1 N–H and O–H groups in total. The molecule has 3 nitrogen and oxygen atoms in total. The zero-order valence-corrected chi connectivity index (χ0v) is 10.2. The van der Waals surface area contributed by atoms with Crippen molar-refractivity contribution in [2.75, 3.05) is 5.32 Å². The molecule has 1 aromatic carbocycles. The molecule has 0 saturated carbocycles. The maximum Gasteiger partial charge on any atom is 0.224 e. The zero-order chi connectivity index (χ0) is 13.1. The molecular weight excluding hydrogens is 219 g/mol. The van der Waals surface area contributed by atoms with E-state index >= 15 is 0 Å². The molecule has 90 valence electrons. The molecule has 0 spiro atoms. The van der Waals surface area contributed by atoms with E-state index in [2.05, 4.69) is 5.32 Å². The average molecular weight is 234 g/mol. The van der Waals surface area contributed by atoms with Crippen LogP contribution in [0.15, 0.2) is 18.2 Å². The van der Waals surface area contributed by atoms with E-state index in [0.29, 0.717) is 12.1 Å². The largest absolute Gasteiger partial charge is 0.325 e. The first kappa shape index (κ1) is 13.2. The van der Waals surface area contributed by atoms with Crippen LogP contribution in [0, 0.1) is 22.6 Å². The fourth-order valence-electron chi connectivity index (χ4n) is 1.39. The van der Waals surface area contributed by atoms with Gasteiger partial charge in [0.15, 0.2) is 0 Å². The first-order chi connectivity index (χ1) is 7.81. The van der Waals surface area contributed by atoms with E-state index in [1.54, 1.807) is 0 Å². The molecule has 1 amide bonds. The molecule has 0 aliphatic rings. The molecular formula is C13H15FN2O. The van der Waals surface area contributed by atoms with Crippen LogP contribution in [0.4, 0.5) is 10.1 Å². The third-order valence-corrected chi connectivity index (χ3v) is 2.07. The number of nitrogens with zero attached hydrogens (tertiary/aromatic N) is 1. The van der Waals surface area contributed by atoms with Gasteiger partial charge in [0.1, 0.15) is 11.9 Å². The Labute approximate surface area is 100 Å². The van der Waals surface area contributed by atoms with Gasteiger partial charge in [0, 0.05) is 6.42 Å². The lowest BCUT2D eigenvalue weighted by atomic mass is 9.92. The van der Waals surface area contributed by atoms with Crippen LogP contribution in [-0.2, 0) is 4.79 Å². The number of anilines is 1. The van der Waals surface area contributed by atoms with Gasteiger partial charge in [0.2, 0.25) is 5.91 Å². The second-order valence-electron chi connectivity index (χ2n) is 5.09. The summed E-state index contributed by atoms with van der Waals surface area (Å²) in [7, 11) is 0. The van der Waals surface area contributed by atoms with Crippen molar-refractivity contribution in [3.05, 3.63) is 29.6 Å². The summed E-state index contributed by atoms with van der Waals surface area (Å²) in [6, 6.07) is 5.57. The zero-order valence-electron chi connectivity index (χ0n) is 10.2. The number of carbonyl (C=O) groups is 1. The highest BCUT2D eigenvalue weighted by Gasteiger charge is 2.16. The minimum Gasteiger partial charge on any atom is -0.325 e. The molecule has 4 heteroatoms. The number of rotatable bonds is 2. The van der Waals surface area contributed by atoms with Gasteiger partial charge in [-0.15, -0.1) is 0 Å². The Balaban J connectivity index is 2.83. The smallest absolute Gasteiger partial charge is 0.224 e. The Kier molecular flexibility index (Phi) is 3.84. The predicted octanol–water partition coefficient (Wildman–Crippen LogP) is 3.07. The quantitative estimate of drug-likeness (QED) is 0.854. The summed E-state index contributed by atoms with van der Waals surface area (Å²) in [6.45, 7) is 5.84. The van der Waals surface area contributed by atoms with E-state index < -0.39 is 5.82 Å². The Morgan fingerprint density at radius 3 is 2.65 bits per heavy atom. The van der Waals surface area contributed by atoms with Crippen molar-refractivity contribution in [1.82, 2.24) is 0 Å². The lowest BCUT2D eigenvalue weighted by molar-refractivity contribution is -0.117. The van der Waals surface area contributed by atoms with Crippen molar-refractivity contribution in [2.24, 2.45) is 5.41 Å². The van der Waals surface area contributed by atoms with Crippen molar-refractivity contribution < 1.29 is 9.18 Å². The van der Waals surface area contributed by atoms with Crippen LogP contribution < -0.4 is 5.32 Å². The molecule has 17 heavy (non-hydrogen) atoms. The molecule has 0 fully saturated rings. The molecule has 0 heterocycles. The molecule has 1 aromatic rings. The number of carbonyl (C=O) groups excluding carboxylic acids is 1. The van der Waals surface area contributed by atoms with E-state index in [-0.39, 0.29) is 16.9 Å². The van der Waals surface area contributed by atoms with E-state index in [9.17, 15) is 9.18 Å². The van der Waals surface area contributed by atoms with E-state index in [0.717, 1.165) is 6.07 Å². The lowest BCUT2D eigenvalue weighted by Gasteiger charge is -2.17. The van der Waals surface area contributed by atoms with E-state index in [1.807, 2.05) is 26.8 Å². The SMILES string of the molecule is CC(C)(C)CC(=O)Nc1ccc(F)cc1C#N.